The lowest BCUT2D eigenvalue weighted by molar-refractivity contribution is -0.128. The van der Waals surface area contributed by atoms with Crippen LogP contribution in [-0.4, -0.2) is 52.8 Å². The summed E-state index contributed by atoms with van der Waals surface area (Å²) in [6.07, 6.45) is 5.05. The molecule has 0 aromatic heterocycles. The molecule has 0 saturated carbocycles. The van der Waals surface area contributed by atoms with Gasteiger partial charge in [0.05, 0.1) is 7.51 Å². The van der Waals surface area contributed by atoms with E-state index < -0.39 is 0 Å². The van der Waals surface area contributed by atoms with Crippen molar-refractivity contribution < 1.29 is 14.3 Å². The highest BCUT2D eigenvalue weighted by atomic mass is 32.4. The predicted octanol–water partition coefficient (Wildman–Crippen LogP) is 1.80. The molecule has 0 aliphatic carbocycles. The van der Waals surface area contributed by atoms with Crippen LogP contribution in [0, 0.1) is 0 Å². The van der Waals surface area contributed by atoms with Crippen molar-refractivity contribution in [3.8, 4) is 0 Å². The van der Waals surface area contributed by atoms with E-state index in [1.807, 2.05) is 4.90 Å². The average molecular weight is 343 g/mol. The van der Waals surface area contributed by atoms with Gasteiger partial charge in [-0.1, -0.05) is 12.7 Å². The monoisotopic (exact) mass is 343 g/mol. The first-order valence-corrected chi connectivity index (χ1v) is 9.39. The molecule has 2 saturated heterocycles. The van der Waals surface area contributed by atoms with Crippen LogP contribution in [0.15, 0.2) is 12.7 Å². The largest absolute Gasteiger partial charge is 0.445 e. The second-order valence-electron chi connectivity index (χ2n) is 5.64. The Balaban J connectivity index is 2.02. The zero-order chi connectivity index (χ0) is 16.1. The van der Waals surface area contributed by atoms with Crippen LogP contribution in [-0.2, 0) is 21.3 Å². The average Bonchev–Trinajstić information content (AvgIpc) is 2.77. The van der Waals surface area contributed by atoms with Crippen molar-refractivity contribution in [2.24, 2.45) is 5.73 Å². The first kappa shape index (κ1) is 17.3. The normalized spacial score (nSPS) is 26.8. The highest BCUT2D eigenvalue weighted by molar-refractivity contribution is 7.95. The van der Waals surface area contributed by atoms with Crippen LogP contribution in [0.1, 0.15) is 32.1 Å². The summed E-state index contributed by atoms with van der Waals surface area (Å²) in [5.74, 6) is 0.00579. The molecular weight excluding hydrogens is 321 g/mol. The van der Waals surface area contributed by atoms with E-state index in [-0.39, 0.29) is 36.7 Å². The molecule has 122 valence electrons. The zero-order valence-electron chi connectivity index (χ0n) is 12.5. The SMILES string of the molecule is C=CCOC(=O)N1[C@@H]2CC[C@H]1CC(N(P=S)C(=O)CCN)C2. The van der Waals surface area contributed by atoms with Crippen molar-refractivity contribution >= 4 is 31.3 Å². The summed E-state index contributed by atoms with van der Waals surface area (Å²) in [4.78, 5) is 26.1. The van der Waals surface area contributed by atoms with Crippen molar-refractivity contribution in [1.82, 2.24) is 9.57 Å². The van der Waals surface area contributed by atoms with E-state index in [4.69, 9.17) is 22.3 Å². The lowest BCUT2D eigenvalue weighted by atomic mass is 9.97. The molecule has 2 rings (SSSR count). The molecule has 2 amide bonds. The molecule has 0 aromatic carbocycles. The Morgan fingerprint density at radius 3 is 2.55 bits per heavy atom. The highest BCUT2D eigenvalue weighted by Crippen LogP contribution is 2.39. The van der Waals surface area contributed by atoms with Crippen LogP contribution < -0.4 is 5.73 Å². The van der Waals surface area contributed by atoms with Crippen molar-refractivity contribution in [3.63, 3.8) is 0 Å². The Bertz CT molecular complexity index is 449. The fraction of sp³-hybridized carbons (Fsp3) is 0.714. The second kappa shape index (κ2) is 7.99. The molecule has 0 radical (unpaired) electrons. The van der Waals surface area contributed by atoms with Crippen molar-refractivity contribution in [3.05, 3.63) is 12.7 Å². The second-order valence-corrected chi connectivity index (χ2v) is 6.73. The first-order valence-electron chi connectivity index (χ1n) is 7.53. The number of carbonyl (C=O) groups is 2. The summed E-state index contributed by atoms with van der Waals surface area (Å²) >= 11 is 5.10. The number of nitrogens with two attached hydrogens (primary N) is 1. The van der Waals surface area contributed by atoms with Gasteiger partial charge in [-0.15, -0.1) is 0 Å². The molecule has 0 aromatic rings. The van der Waals surface area contributed by atoms with Crippen molar-refractivity contribution in [2.45, 2.75) is 50.2 Å². The third kappa shape index (κ3) is 3.65. The van der Waals surface area contributed by atoms with Crippen LogP contribution in [0.3, 0.4) is 0 Å². The van der Waals surface area contributed by atoms with E-state index in [1.54, 1.807) is 10.7 Å². The fourth-order valence-corrected chi connectivity index (χ4v) is 4.59. The Labute approximate surface area is 137 Å². The molecule has 2 aliphatic heterocycles. The molecule has 3 atom stereocenters. The molecule has 2 heterocycles. The third-order valence-corrected chi connectivity index (χ3v) is 5.54. The standard InChI is InChI=1S/C14H22N3O3PS/c1-2-7-20-14(19)16-10-3-4-11(16)9-12(8-10)17(21-22)13(18)5-6-15/h2,10-12H,1,3-9,15H2/t10-,11+,12?. The van der Waals surface area contributed by atoms with Crippen LogP contribution in [0.25, 0.3) is 0 Å². The van der Waals surface area contributed by atoms with Crippen LogP contribution in [0.4, 0.5) is 4.79 Å². The molecule has 2 aliphatic rings. The quantitative estimate of drug-likeness (QED) is 0.588. The maximum atomic E-state index is 12.1. The van der Waals surface area contributed by atoms with Gasteiger partial charge in [-0.25, -0.2) is 4.79 Å². The number of hydrogen-bond acceptors (Lipinski definition) is 5. The maximum Gasteiger partial charge on any atom is 0.410 e. The van der Waals surface area contributed by atoms with Gasteiger partial charge in [-0.05, 0) is 37.5 Å². The van der Waals surface area contributed by atoms with Gasteiger partial charge in [-0.2, -0.15) is 0 Å². The molecular formula is C14H22N3O3PS. The third-order valence-electron chi connectivity index (χ3n) is 4.29. The van der Waals surface area contributed by atoms with Gasteiger partial charge in [0.2, 0.25) is 5.91 Å². The predicted molar refractivity (Wildman–Crippen MR) is 88.0 cm³/mol. The molecule has 2 N–H and O–H groups in total. The lowest BCUT2D eigenvalue weighted by Gasteiger charge is -2.40. The van der Waals surface area contributed by atoms with E-state index >= 15 is 0 Å². The van der Waals surface area contributed by atoms with Gasteiger partial charge in [0.15, 0.2) is 0 Å². The number of carbonyl (C=O) groups excluding carboxylic acids is 2. The molecule has 2 bridgehead atoms. The Morgan fingerprint density at radius 2 is 2.05 bits per heavy atom. The van der Waals surface area contributed by atoms with E-state index in [0.717, 1.165) is 25.7 Å². The van der Waals surface area contributed by atoms with E-state index in [9.17, 15) is 9.59 Å². The number of rotatable bonds is 6. The molecule has 8 heteroatoms. The number of fused-ring (bicyclic) bond motifs is 2. The van der Waals surface area contributed by atoms with Gasteiger partial charge in [-0.3, -0.25) is 9.46 Å². The highest BCUT2D eigenvalue weighted by Gasteiger charge is 2.46. The van der Waals surface area contributed by atoms with Gasteiger partial charge >= 0.3 is 6.09 Å². The summed E-state index contributed by atoms with van der Waals surface area (Å²) in [5.41, 5.74) is 5.46. The first-order chi connectivity index (χ1) is 10.6. The van der Waals surface area contributed by atoms with Crippen LogP contribution >= 0.6 is 7.51 Å². The summed E-state index contributed by atoms with van der Waals surface area (Å²) in [6, 6.07) is 0.358. The lowest BCUT2D eigenvalue weighted by Crippen LogP contribution is -2.52. The Morgan fingerprint density at radius 1 is 1.41 bits per heavy atom. The zero-order valence-corrected chi connectivity index (χ0v) is 14.2. The summed E-state index contributed by atoms with van der Waals surface area (Å²) in [5, 5.41) is 0. The minimum absolute atomic E-state index is 0.00579. The van der Waals surface area contributed by atoms with Gasteiger partial charge in [0, 0.05) is 31.1 Å². The van der Waals surface area contributed by atoms with Gasteiger partial charge in [0.1, 0.15) is 6.61 Å². The molecule has 22 heavy (non-hydrogen) atoms. The number of amides is 2. The number of hydrogen-bond donors (Lipinski definition) is 1. The van der Waals surface area contributed by atoms with E-state index in [0.29, 0.717) is 20.5 Å². The number of piperidine rings is 1. The minimum Gasteiger partial charge on any atom is -0.445 e. The van der Waals surface area contributed by atoms with Crippen LogP contribution in [0.5, 0.6) is 0 Å². The van der Waals surface area contributed by atoms with Gasteiger partial charge in [0.25, 0.3) is 0 Å². The van der Waals surface area contributed by atoms with E-state index in [1.165, 1.54) is 0 Å². The minimum atomic E-state index is -0.276. The summed E-state index contributed by atoms with van der Waals surface area (Å²) in [7, 11) is 0.536. The number of ether oxygens (including phenoxy) is 1. The summed E-state index contributed by atoms with van der Waals surface area (Å²) < 4.78 is 6.89. The topological polar surface area (TPSA) is 75.9 Å². The molecule has 1 unspecified atom stereocenters. The van der Waals surface area contributed by atoms with E-state index in [2.05, 4.69) is 6.58 Å². The number of nitrogens with zero attached hydrogens (tertiary/aromatic N) is 2. The summed E-state index contributed by atoms with van der Waals surface area (Å²) in [6.45, 7) is 4.11. The molecule has 0 spiro atoms. The van der Waals surface area contributed by atoms with Gasteiger partial charge < -0.3 is 15.4 Å². The molecule has 6 nitrogen and oxygen atoms in total. The molecule has 2 fully saturated rings. The van der Waals surface area contributed by atoms with Crippen molar-refractivity contribution in [1.29, 1.82) is 0 Å². The smallest absolute Gasteiger partial charge is 0.410 e. The Kier molecular flexibility index (Phi) is 6.29. The maximum absolute atomic E-state index is 12.1. The fourth-order valence-electron chi connectivity index (χ4n) is 3.40. The van der Waals surface area contributed by atoms with Crippen LogP contribution in [0.2, 0.25) is 0 Å². The van der Waals surface area contributed by atoms with Crippen molar-refractivity contribution in [2.75, 3.05) is 13.2 Å². The Hall–Kier alpha value is -1.04.